The number of carboxylic acid groups (broad SMARTS) is 1. The zero-order valence-electron chi connectivity index (χ0n) is 8.78. The predicted octanol–water partition coefficient (Wildman–Crippen LogP) is 2.83. The minimum Gasteiger partial charge on any atom is -0.478 e. The molecule has 1 rings (SSSR count). The lowest BCUT2D eigenvalue weighted by Crippen LogP contribution is -2.04. The summed E-state index contributed by atoms with van der Waals surface area (Å²) in [6.07, 6.45) is 1.71. The molecule has 0 fully saturated rings. The van der Waals surface area contributed by atoms with E-state index in [4.69, 9.17) is 5.11 Å². The van der Waals surface area contributed by atoms with Gasteiger partial charge in [-0.3, -0.25) is 0 Å². The number of rotatable bonds is 4. The van der Waals surface area contributed by atoms with Crippen molar-refractivity contribution >= 4 is 12.0 Å². The van der Waals surface area contributed by atoms with Crippen LogP contribution >= 0.6 is 0 Å². The van der Waals surface area contributed by atoms with E-state index in [2.05, 4.69) is 4.74 Å². The SMILES string of the molecule is Cc1c(OC(F)F)ccc(F)c1/C=C/C(=O)O. The summed E-state index contributed by atoms with van der Waals surface area (Å²) in [6.45, 7) is -1.65. The first-order valence-corrected chi connectivity index (χ1v) is 4.56. The normalized spacial score (nSPS) is 11.1. The molecule has 0 unspecified atom stereocenters. The van der Waals surface area contributed by atoms with Gasteiger partial charge in [-0.2, -0.15) is 8.78 Å². The molecule has 0 saturated heterocycles. The predicted molar refractivity (Wildman–Crippen MR) is 54.4 cm³/mol. The van der Waals surface area contributed by atoms with Gasteiger partial charge >= 0.3 is 12.6 Å². The maximum Gasteiger partial charge on any atom is 0.387 e. The van der Waals surface area contributed by atoms with E-state index in [-0.39, 0.29) is 16.9 Å². The van der Waals surface area contributed by atoms with Crippen LogP contribution < -0.4 is 4.74 Å². The van der Waals surface area contributed by atoms with Crippen LogP contribution in [-0.2, 0) is 4.79 Å². The Labute approximate surface area is 95.1 Å². The lowest BCUT2D eigenvalue weighted by atomic mass is 10.1. The molecular weight excluding hydrogens is 237 g/mol. The molecule has 0 radical (unpaired) electrons. The molecule has 92 valence electrons. The Morgan fingerprint density at radius 2 is 2.12 bits per heavy atom. The highest BCUT2D eigenvalue weighted by molar-refractivity contribution is 5.85. The van der Waals surface area contributed by atoms with Gasteiger partial charge in [-0.1, -0.05) is 0 Å². The average Bonchev–Trinajstić information content (AvgIpc) is 2.21. The van der Waals surface area contributed by atoms with Crippen LogP contribution in [0.5, 0.6) is 5.75 Å². The van der Waals surface area contributed by atoms with Crippen LogP contribution in [0.15, 0.2) is 18.2 Å². The Hall–Kier alpha value is -1.98. The van der Waals surface area contributed by atoms with Crippen molar-refractivity contribution in [2.24, 2.45) is 0 Å². The quantitative estimate of drug-likeness (QED) is 0.831. The van der Waals surface area contributed by atoms with Gasteiger partial charge in [0, 0.05) is 17.2 Å². The number of hydrogen-bond acceptors (Lipinski definition) is 2. The number of benzene rings is 1. The van der Waals surface area contributed by atoms with Gasteiger partial charge in [0.25, 0.3) is 0 Å². The maximum atomic E-state index is 13.3. The second-order valence-corrected chi connectivity index (χ2v) is 3.13. The molecule has 17 heavy (non-hydrogen) atoms. The lowest BCUT2D eigenvalue weighted by Gasteiger charge is -2.10. The fourth-order valence-corrected chi connectivity index (χ4v) is 1.26. The van der Waals surface area contributed by atoms with Crippen molar-refractivity contribution in [3.8, 4) is 5.75 Å². The molecule has 0 aliphatic carbocycles. The van der Waals surface area contributed by atoms with Crippen LogP contribution in [0.1, 0.15) is 11.1 Å². The van der Waals surface area contributed by atoms with Crippen molar-refractivity contribution in [2.45, 2.75) is 13.5 Å². The largest absolute Gasteiger partial charge is 0.478 e. The zero-order valence-corrected chi connectivity index (χ0v) is 8.78. The summed E-state index contributed by atoms with van der Waals surface area (Å²) in [5.41, 5.74) is 0.0216. The monoisotopic (exact) mass is 246 g/mol. The van der Waals surface area contributed by atoms with Gasteiger partial charge < -0.3 is 9.84 Å². The van der Waals surface area contributed by atoms with Gasteiger partial charge in [-0.15, -0.1) is 0 Å². The van der Waals surface area contributed by atoms with Crippen molar-refractivity contribution in [3.63, 3.8) is 0 Å². The van der Waals surface area contributed by atoms with E-state index in [0.717, 1.165) is 24.3 Å². The van der Waals surface area contributed by atoms with E-state index < -0.39 is 18.4 Å². The summed E-state index contributed by atoms with van der Waals surface area (Å²) in [7, 11) is 0. The van der Waals surface area contributed by atoms with Gasteiger partial charge in [-0.05, 0) is 25.1 Å². The standard InChI is InChI=1S/C11H9F3O3/c1-6-7(2-5-10(15)16)8(12)3-4-9(6)17-11(13)14/h2-5,11H,1H3,(H,15,16)/b5-2+. The summed E-state index contributed by atoms with van der Waals surface area (Å²) < 4.78 is 41.5. The average molecular weight is 246 g/mol. The first-order chi connectivity index (χ1) is 7.91. The molecule has 1 N–H and O–H groups in total. The summed E-state index contributed by atoms with van der Waals surface area (Å²) in [5, 5.41) is 8.41. The van der Waals surface area contributed by atoms with Crippen LogP contribution in [0, 0.1) is 12.7 Å². The first kappa shape index (κ1) is 13.1. The summed E-state index contributed by atoms with van der Waals surface area (Å²) in [5.74, 6) is -2.16. The van der Waals surface area contributed by atoms with Crippen LogP contribution in [0.2, 0.25) is 0 Å². The molecular formula is C11H9F3O3. The van der Waals surface area contributed by atoms with Gasteiger partial charge in [0.05, 0.1) is 0 Å². The molecule has 0 bridgehead atoms. The Bertz CT molecular complexity index is 456. The highest BCUT2D eigenvalue weighted by atomic mass is 19.3. The van der Waals surface area contributed by atoms with E-state index in [0.29, 0.717) is 0 Å². The number of halogens is 3. The van der Waals surface area contributed by atoms with Crippen molar-refractivity contribution in [1.82, 2.24) is 0 Å². The van der Waals surface area contributed by atoms with E-state index in [1.807, 2.05) is 0 Å². The number of aliphatic carboxylic acids is 1. The van der Waals surface area contributed by atoms with E-state index in [9.17, 15) is 18.0 Å². The molecule has 0 aliphatic heterocycles. The van der Waals surface area contributed by atoms with Gasteiger partial charge in [0.15, 0.2) is 0 Å². The van der Waals surface area contributed by atoms with Crippen LogP contribution in [0.4, 0.5) is 13.2 Å². The number of carboxylic acids is 1. The van der Waals surface area contributed by atoms with Crippen LogP contribution in [0.25, 0.3) is 6.08 Å². The summed E-state index contributed by atoms with van der Waals surface area (Å²) >= 11 is 0. The van der Waals surface area contributed by atoms with Crippen LogP contribution in [0.3, 0.4) is 0 Å². The lowest BCUT2D eigenvalue weighted by molar-refractivity contribution is -0.131. The minimum absolute atomic E-state index is 0.0921. The molecule has 0 saturated carbocycles. The molecule has 0 spiro atoms. The zero-order chi connectivity index (χ0) is 13.0. The Kier molecular flexibility index (Phi) is 4.14. The highest BCUT2D eigenvalue weighted by Crippen LogP contribution is 2.26. The third-order valence-electron chi connectivity index (χ3n) is 2.02. The summed E-state index contributed by atoms with van der Waals surface area (Å²) in [4.78, 5) is 10.3. The smallest absolute Gasteiger partial charge is 0.387 e. The molecule has 3 nitrogen and oxygen atoms in total. The second-order valence-electron chi connectivity index (χ2n) is 3.13. The van der Waals surface area contributed by atoms with E-state index in [1.165, 1.54) is 6.92 Å². The maximum absolute atomic E-state index is 13.3. The fourth-order valence-electron chi connectivity index (χ4n) is 1.26. The molecule has 0 amide bonds. The third-order valence-corrected chi connectivity index (χ3v) is 2.02. The molecule has 0 heterocycles. The topological polar surface area (TPSA) is 46.5 Å². The first-order valence-electron chi connectivity index (χ1n) is 4.56. The van der Waals surface area contributed by atoms with Gasteiger partial charge in [-0.25, -0.2) is 9.18 Å². The highest BCUT2D eigenvalue weighted by Gasteiger charge is 2.12. The third kappa shape index (κ3) is 3.51. The molecule has 1 aromatic rings. The molecule has 6 heteroatoms. The van der Waals surface area contributed by atoms with Crippen molar-refractivity contribution in [1.29, 1.82) is 0 Å². The van der Waals surface area contributed by atoms with Crippen LogP contribution in [-0.4, -0.2) is 17.7 Å². The van der Waals surface area contributed by atoms with Crippen molar-refractivity contribution in [2.75, 3.05) is 0 Å². The van der Waals surface area contributed by atoms with Gasteiger partial charge in [0.2, 0.25) is 0 Å². The number of alkyl halides is 2. The Morgan fingerprint density at radius 3 is 2.65 bits per heavy atom. The Balaban J connectivity index is 3.15. The van der Waals surface area contributed by atoms with Gasteiger partial charge in [0.1, 0.15) is 11.6 Å². The molecule has 0 atom stereocenters. The van der Waals surface area contributed by atoms with Crippen molar-refractivity contribution < 1.29 is 27.8 Å². The van der Waals surface area contributed by atoms with Crippen molar-refractivity contribution in [3.05, 3.63) is 35.2 Å². The van der Waals surface area contributed by atoms with E-state index >= 15 is 0 Å². The molecule has 0 aliphatic rings. The molecule has 0 aromatic heterocycles. The number of carbonyl (C=O) groups is 1. The Morgan fingerprint density at radius 1 is 1.47 bits per heavy atom. The summed E-state index contributed by atoms with van der Waals surface area (Å²) in [6, 6.07) is 2.00. The second kappa shape index (κ2) is 5.38. The fraction of sp³-hybridized carbons (Fsp3) is 0.182. The minimum atomic E-state index is -3.02. The molecule has 1 aromatic carbocycles. The van der Waals surface area contributed by atoms with E-state index in [1.54, 1.807) is 0 Å². The number of hydrogen-bond donors (Lipinski definition) is 1. The number of ether oxygens (including phenoxy) is 1.